The van der Waals surface area contributed by atoms with Crippen LogP contribution in [0.25, 0.3) is 0 Å². The Labute approximate surface area is 198 Å². The van der Waals surface area contributed by atoms with Crippen molar-refractivity contribution in [1.29, 1.82) is 0 Å². The topological polar surface area (TPSA) is 71.9 Å². The molecule has 158 valence electrons. The Morgan fingerprint density at radius 1 is 1.10 bits per heavy atom. The van der Waals surface area contributed by atoms with Gasteiger partial charge in [0.1, 0.15) is 11.5 Å². The zero-order valence-electron chi connectivity index (χ0n) is 16.3. The predicted octanol–water partition coefficient (Wildman–Crippen LogP) is 5.65. The summed E-state index contributed by atoms with van der Waals surface area (Å²) < 4.78 is 11.4. The first-order valence-electron chi connectivity index (χ1n) is 8.96. The Balaban J connectivity index is 1.65. The van der Waals surface area contributed by atoms with Gasteiger partial charge in [0, 0.05) is 20.7 Å². The molecule has 0 amide bonds. The number of benzene rings is 3. The minimum atomic E-state index is -0.502. The van der Waals surface area contributed by atoms with Gasteiger partial charge in [0.25, 0.3) is 0 Å². The van der Waals surface area contributed by atoms with E-state index in [1.165, 1.54) is 6.21 Å². The van der Waals surface area contributed by atoms with Crippen molar-refractivity contribution in [3.05, 3.63) is 87.4 Å². The maximum Gasteiger partial charge on any atom is 0.343 e. The van der Waals surface area contributed by atoms with Crippen molar-refractivity contribution in [1.82, 2.24) is 5.43 Å². The van der Waals surface area contributed by atoms with Crippen molar-refractivity contribution in [2.24, 2.45) is 5.10 Å². The van der Waals surface area contributed by atoms with Crippen molar-refractivity contribution in [3.8, 4) is 11.5 Å². The summed E-state index contributed by atoms with van der Waals surface area (Å²) in [5.41, 5.74) is 4.49. The summed E-state index contributed by atoms with van der Waals surface area (Å²) in [5.74, 6) is 0.596. The number of esters is 1. The highest BCUT2D eigenvalue weighted by atomic mass is 79.9. The highest BCUT2D eigenvalue weighted by molar-refractivity contribution is 9.10. The van der Waals surface area contributed by atoms with Crippen LogP contribution in [0.5, 0.6) is 11.5 Å². The second kappa shape index (κ2) is 10.9. The first-order valence-corrected chi connectivity index (χ1v) is 10.5. The van der Waals surface area contributed by atoms with Crippen molar-refractivity contribution in [2.45, 2.75) is 0 Å². The average Bonchev–Trinajstić information content (AvgIpc) is 2.76. The second-order valence-corrected chi connectivity index (χ2v) is 7.89. The van der Waals surface area contributed by atoms with Crippen LogP contribution in [0.4, 0.5) is 5.69 Å². The van der Waals surface area contributed by atoms with Crippen LogP contribution in [0.15, 0.2) is 76.3 Å². The van der Waals surface area contributed by atoms with E-state index in [0.29, 0.717) is 27.0 Å². The monoisotopic (exact) mass is 517 g/mol. The van der Waals surface area contributed by atoms with Crippen LogP contribution < -0.4 is 20.2 Å². The molecule has 0 aromatic heterocycles. The molecule has 3 aromatic rings. The standard InChI is InChI=1S/C22H17BrClN3O3S/c1-29-19-9-7-18(8-10-19)26-22(31)27-25-13-15-12-16(23)4-11-20(15)30-21(28)14-2-5-17(24)6-3-14/h2-13H,1H3,(H2,26,27,31). The zero-order chi connectivity index (χ0) is 22.2. The fourth-order valence-corrected chi connectivity index (χ4v) is 3.13. The molecule has 0 saturated carbocycles. The summed E-state index contributed by atoms with van der Waals surface area (Å²) in [7, 11) is 1.60. The molecule has 0 atom stereocenters. The summed E-state index contributed by atoms with van der Waals surface area (Å²) in [5, 5.41) is 7.98. The lowest BCUT2D eigenvalue weighted by Crippen LogP contribution is -2.23. The zero-order valence-corrected chi connectivity index (χ0v) is 19.4. The maximum atomic E-state index is 12.4. The second-order valence-electron chi connectivity index (χ2n) is 6.13. The number of hydrazone groups is 1. The molecule has 31 heavy (non-hydrogen) atoms. The number of anilines is 1. The molecule has 3 rings (SSSR count). The number of carbonyl (C=O) groups excluding carboxylic acids is 1. The average molecular weight is 519 g/mol. The van der Waals surface area contributed by atoms with E-state index >= 15 is 0 Å². The number of nitrogens with zero attached hydrogens (tertiary/aromatic N) is 1. The molecule has 0 radical (unpaired) electrons. The molecule has 0 spiro atoms. The Kier molecular flexibility index (Phi) is 8.00. The van der Waals surface area contributed by atoms with E-state index in [1.807, 2.05) is 24.3 Å². The first kappa shape index (κ1) is 22.7. The highest BCUT2D eigenvalue weighted by Gasteiger charge is 2.11. The molecule has 0 bridgehead atoms. The third-order valence-corrected chi connectivity index (χ3v) is 4.91. The number of methoxy groups -OCH3 is 1. The Bertz CT molecular complexity index is 1110. The van der Waals surface area contributed by atoms with Gasteiger partial charge >= 0.3 is 5.97 Å². The van der Waals surface area contributed by atoms with Gasteiger partial charge in [-0.05, 0) is 78.9 Å². The molecule has 0 aliphatic heterocycles. The molecule has 0 aliphatic carbocycles. The number of thiocarbonyl (C=S) groups is 1. The van der Waals surface area contributed by atoms with Gasteiger partial charge in [-0.15, -0.1) is 0 Å². The molecule has 0 saturated heterocycles. The minimum absolute atomic E-state index is 0.302. The van der Waals surface area contributed by atoms with Gasteiger partial charge in [-0.2, -0.15) is 5.10 Å². The molecule has 0 unspecified atom stereocenters. The van der Waals surface area contributed by atoms with Crippen LogP contribution in [-0.4, -0.2) is 24.4 Å². The lowest BCUT2D eigenvalue weighted by molar-refractivity contribution is 0.0734. The number of rotatable bonds is 6. The van der Waals surface area contributed by atoms with Gasteiger partial charge in [-0.1, -0.05) is 27.5 Å². The van der Waals surface area contributed by atoms with Gasteiger partial charge < -0.3 is 14.8 Å². The number of nitrogens with one attached hydrogen (secondary N) is 2. The molecular formula is C22H17BrClN3O3S. The predicted molar refractivity (Wildman–Crippen MR) is 130 cm³/mol. The van der Waals surface area contributed by atoms with Gasteiger partial charge in [-0.3, -0.25) is 5.43 Å². The van der Waals surface area contributed by atoms with Crippen molar-refractivity contribution in [3.63, 3.8) is 0 Å². The van der Waals surface area contributed by atoms with Crippen LogP contribution in [0, 0.1) is 0 Å². The van der Waals surface area contributed by atoms with E-state index in [4.69, 9.17) is 33.3 Å². The lowest BCUT2D eigenvalue weighted by Gasteiger charge is -2.09. The Hall–Kier alpha value is -2.94. The van der Waals surface area contributed by atoms with E-state index in [9.17, 15) is 4.79 Å². The van der Waals surface area contributed by atoms with E-state index in [1.54, 1.807) is 49.6 Å². The van der Waals surface area contributed by atoms with Crippen LogP contribution in [0.1, 0.15) is 15.9 Å². The van der Waals surface area contributed by atoms with Gasteiger partial charge in [0.2, 0.25) is 0 Å². The quantitative estimate of drug-likeness (QED) is 0.144. The summed E-state index contributed by atoms with van der Waals surface area (Å²) in [4.78, 5) is 12.4. The van der Waals surface area contributed by atoms with E-state index in [2.05, 4.69) is 31.8 Å². The normalized spacial score (nSPS) is 10.5. The van der Waals surface area contributed by atoms with Crippen molar-refractivity contribution < 1.29 is 14.3 Å². The van der Waals surface area contributed by atoms with Crippen LogP contribution in [-0.2, 0) is 0 Å². The molecule has 3 aromatic carbocycles. The molecular weight excluding hydrogens is 502 g/mol. The van der Waals surface area contributed by atoms with E-state index in [-0.39, 0.29) is 0 Å². The third kappa shape index (κ3) is 6.78. The molecule has 2 N–H and O–H groups in total. The number of halogens is 2. The van der Waals surface area contributed by atoms with Gasteiger partial charge in [0.15, 0.2) is 5.11 Å². The largest absolute Gasteiger partial charge is 0.497 e. The fraction of sp³-hybridized carbons (Fsp3) is 0.0455. The number of hydrogen-bond donors (Lipinski definition) is 2. The van der Waals surface area contributed by atoms with Crippen LogP contribution in [0.2, 0.25) is 5.02 Å². The van der Waals surface area contributed by atoms with E-state index < -0.39 is 5.97 Å². The fourth-order valence-electron chi connectivity index (χ4n) is 2.45. The van der Waals surface area contributed by atoms with E-state index in [0.717, 1.165) is 15.9 Å². The molecule has 0 aliphatic rings. The van der Waals surface area contributed by atoms with Crippen LogP contribution >= 0.6 is 39.7 Å². The van der Waals surface area contributed by atoms with Crippen molar-refractivity contribution in [2.75, 3.05) is 12.4 Å². The smallest absolute Gasteiger partial charge is 0.343 e. The molecule has 0 heterocycles. The number of hydrogen-bond acceptors (Lipinski definition) is 5. The third-order valence-electron chi connectivity index (χ3n) is 3.97. The number of ether oxygens (including phenoxy) is 2. The van der Waals surface area contributed by atoms with Crippen molar-refractivity contribution >= 4 is 62.7 Å². The Morgan fingerprint density at radius 3 is 2.48 bits per heavy atom. The molecule has 0 fully saturated rings. The van der Waals surface area contributed by atoms with Crippen LogP contribution in [0.3, 0.4) is 0 Å². The molecule has 6 nitrogen and oxygen atoms in total. The summed E-state index contributed by atoms with van der Waals surface area (Å²) >= 11 is 14.5. The number of carbonyl (C=O) groups is 1. The highest BCUT2D eigenvalue weighted by Crippen LogP contribution is 2.23. The first-order chi connectivity index (χ1) is 14.9. The summed E-state index contributed by atoms with van der Waals surface area (Å²) in [6.45, 7) is 0. The van der Waals surface area contributed by atoms with Gasteiger partial charge in [-0.25, -0.2) is 4.79 Å². The lowest BCUT2D eigenvalue weighted by atomic mass is 10.2. The molecule has 9 heteroatoms. The summed E-state index contributed by atoms with van der Waals surface area (Å²) in [6, 6.07) is 19.0. The summed E-state index contributed by atoms with van der Waals surface area (Å²) in [6.07, 6.45) is 1.51. The Morgan fingerprint density at radius 2 is 1.81 bits per heavy atom. The SMILES string of the molecule is COc1ccc(NC(=S)NN=Cc2cc(Br)ccc2OC(=O)c2ccc(Cl)cc2)cc1. The maximum absolute atomic E-state index is 12.4. The minimum Gasteiger partial charge on any atom is -0.497 e. The van der Waals surface area contributed by atoms with Gasteiger partial charge in [0.05, 0.1) is 18.9 Å².